The summed E-state index contributed by atoms with van der Waals surface area (Å²) in [5.41, 5.74) is 3.01. The second kappa shape index (κ2) is 9.30. The number of hydrogen-bond acceptors (Lipinski definition) is 4. The molecule has 33 heavy (non-hydrogen) atoms. The van der Waals surface area contributed by atoms with Crippen molar-refractivity contribution in [2.24, 2.45) is 0 Å². The maximum absolute atomic E-state index is 13.0. The molecule has 0 saturated heterocycles. The molecule has 2 aromatic heterocycles. The molecule has 0 bridgehead atoms. The summed E-state index contributed by atoms with van der Waals surface area (Å²) in [5.74, 6) is -1.01. The van der Waals surface area contributed by atoms with E-state index in [0.29, 0.717) is 46.0 Å². The minimum atomic E-state index is -1.13. The van der Waals surface area contributed by atoms with Crippen LogP contribution >= 0.6 is 11.6 Å². The summed E-state index contributed by atoms with van der Waals surface area (Å²) in [7, 11) is 0. The molecule has 0 saturated carbocycles. The van der Waals surface area contributed by atoms with E-state index in [1.54, 1.807) is 49.5 Å². The largest absolute Gasteiger partial charge is 0.480 e. The summed E-state index contributed by atoms with van der Waals surface area (Å²) in [5, 5.41) is 10.2. The van der Waals surface area contributed by atoms with Crippen LogP contribution in [-0.4, -0.2) is 38.5 Å². The number of anilines is 1. The highest BCUT2D eigenvalue weighted by Crippen LogP contribution is 2.22. The second-order valence-electron chi connectivity index (χ2n) is 7.65. The quantitative estimate of drug-likeness (QED) is 0.385. The highest BCUT2D eigenvalue weighted by atomic mass is 35.5. The molecule has 9 heteroatoms. The number of carboxylic acid groups (broad SMARTS) is 1. The third kappa shape index (κ3) is 4.96. The van der Waals surface area contributed by atoms with Crippen molar-refractivity contribution in [3.05, 3.63) is 92.6 Å². The fraction of sp³-hybridized carbons (Fsp3) is 0.167. The smallest absolute Gasteiger partial charge is 0.323 e. The Hall–Kier alpha value is -3.91. The van der Waals surface area contributed by atoms with Gasteiger partial charge < -0.3 is 15.1 Å². The number of carbonyl (C=O) groups is 2. The lowest BCUT2D eigenvalue weighted by Crippen LogP contribution is -2.35. The van der Waals surface area contributed by atoms with Gasteiger partial charge in [0, 0.05) is 22.5 Å². The molecule has 2 aromatic carbocycles. The topological polar surface area (TPSA) is 119 Å². The Balaban J connectivity index is 1.51. The molecule has 4 rings (SSSR count). The SMILES string of the molecule is Cc1nc2[nH]cc(CCc3ccc(C(=O)N(CC(=O)O)c4cccc(Cl)c4)cc3)c2c(=O)[nH]1. The summed E-state index contributed by atoms with van der Waals surface area (Å²) in [6.45, 7) is 1.25. The van der Waals surface area contributed by atoms with E-state index in [2.05, 4.69) is 15.0 Å². The molecular weight excluding hydrogens is 444 g/mol. The maximum atomic E-state index is 13.0. The van der Waals surface area contributed by atoms with Gasteiger partial charge in [-0.15, -0.1) is 0 Å². The molecule has 1 amide bonds. The van der Waals surface area contributed by atoms with Crippen LogP contribution in [0.4, 0.5) is 5.69 Å². The van der Waals surface area contributed by atoms with Crippen molar-refractivity contribution in [3.8, 4) is 0 Å². The predicted octanol–water partition coefficient (Wildman–Crippen LogP) is 3.73. The number of nitrogens with zero attached hydrogens (tertiary/aromatic N) is 2. The number of aryl methyl sites for hydroxylation is 3. The Labute approximate surface area is 193 Å². The molecule has 168 valence electrons. The minimum Gasteiger partial charge on any atom is -0.480 e. The number of fused-ring (bicyclic) bond motifs is 1. The van der Waals surface area contributed by atoms with Gasteiger partial charge in [-0.2, -0.15) is 0 Å². The number of aromatic amines is 2. The summed E-state index contributed by atoms with van der Waals surface area (Å²) in [4.78, 5) is 47.9. The van der Waals surface area contributed by atoms with Gasteiger partial charge in [0.15, 0.2) is 0 Å². The van der Waals surface area contributed by atoms with E-state index in [9.17, 15) is 19.5 Å². The monoisotopic (exact) mass is 464 g/mol. The first kappa shape index (κ1) is 22.3. The van der Waals surface area contributed by atoms with Gasteiger partial charge in [0.1, 0.15) is 18.0 Å². The summed E-state index contributed by atoms with van der Waals surface area (Å²) >= 11 is 6.01. The number of carbonyl (C=O) groups excluding carboxylic acids is 1. The third-order valence-corrected chi connectivity index (χ3v) is 5.52. The molecular formula is C24H21ClN4O4. The highest BCUT2D eigenvalue weighted by molar-refractivity contribution is 6.31. The van der Waals surface area contributed by atoms with Crippen LogP contribution in [0.2, 0.25) is 5.02 Å². The predicted molar refractivity (Wildman–Crippen MR) is 126 cm³/mol. The van der Waals surface area contributed by atoms with Crippen LogP contribution in [0.3, 0.4) is 0 Å². The summed E-state index contributed by atoms with van der Waals surface area (Å²) in [6, 6.07) is 13.5. The molecule has 0 fully saturated rings. The van der Waals surface area contributed by atoms with Crippen LogP contribution in [0.15, 0.2) is 59.5 Å². The number of hydrogen-bond donors (Lipinski definition) is 3. The lowest BCUT2D eigenvalue weighted by molar-refractivity contribution is -0.135. The van der Waals surface area contributed by atoms with E-state index in [1.807, 2.05) is 12.1 Å². The maximum Gasteiger partial charge on any atom is 0.323 e. The van der Waals surface area contributed by atoms with Gasteiger partial charge in [-0.3, -0.25) is 19.3 Å². The van der Waals surface area contributed by atoms with Crippen molar-refractivity contribution in [2.45, 2.75) is 19.8 Å². The fourth-order valence-corrected chi connectivity index (χ4v) is 3.91. The van der Waals surface area contributed by atoms with Crippen LogP contribution in [0.1, 0.15) is 27.3 Å². The van der Waals surface area contributed by atoms with E-state index >= 15 is 0 Å². The van der Waals surface area contributed by atoms with Gasteiger partial charge in [-0.1, -0.05) is 29.8 Å². The van der Waals surface area contributed by atoms with Crippen molar-refractivity contribution in [3.63, 3.8) is 0 Å². The van der Waals surface area contributed by atoms with Crippen LogP contribution in [-0.2, 0) is 17.6 Å². The standard InChI is InChI=1S/C24H21ClN4O4/c1-14-27-22-21(23(32)28-14)17(12-26-22)10-7-15-5-8-16(9-6-15)24(33)29(13-20(30)31)19-4-2-3-18(25)11-19/h2-6,8-9,11-12H,7,10,13H2,1H3,(H,30,31)(H2,26,27,28,32). The van der Waals surface area contributed by atoms with Crippen LogP contribution < -0.4 is 10.5 Å². The molecule has 8 nitrogen and oxygen atoms in total. The number of aromatic nitrogens is 3. The van der Waals surface area contributed by atoms with Crippen molar-refractivity contribution < 1.29 is 14.7 Å². The lowest BCUT2D eigenvalue weighted by atomic mass is 10.0. The highest BCUT2D eigenvalue weighted by Gasteiger charge is 2.21. The first-order chi connectivity index (χ1) is 15.8. The van der Waals surface area contributed by atoms with Crippen molar-refractivity contribution in [1.29, 1.82) is 0 Å². The number of aliphatic carboxylic acids is 1. The average Bonchev–Trinajstić information content (AvgIpc) is 3.19. The number of benzene rings is 2. The van der Waals surface area contributed by atoms with E-state index < -0.39 is 18.4 Å². The molecule has 0 spiro atoms. The van der Waals surface area contributed by atoms with Crippen LogP contribution in [0.25, 0.3) is 11.0 Å². The zero-order chi connectivity index (χ0) is 23.5. The van der Waals surface area contributed by atoms with E-state index in [0.717, 1.165) is 11.1 Å². The number of amides is 1. The third-order valence-electron chi connectivity index (χ3n) is 5.28. The van der Waals surface area contributed by atoms with Crippen LogP contribution in [0.5, 0.6) is 0 Å². The molecule has 2 heterocycles. The fourth-order valence-electron chi connectivity index (χ4n) is 3.72. The van der Waals surface area contributed by atoms with Crippen molar-refractivity contribution >= 4 is 40.2 Å². The number of H-pyrrole nitrogens is 2. The van der Waals surface area contributed by atoms with Crippen molar-refractivity contribution in [1.82, 2.24) is 15.0 Å². The Morgan fingerprint density at radius 2 is 1.88 bits per heavy atom. The molecule has 0 aliphatic heterocycles. The van der Waals surface area contributed by atoms with Gasteiger partial charge in [0.05, 0.1) is 5.39 Å². The zero-order valence-electron chi connectivity index (χ0n) is 17.8. The molecule has 3 N–H and O–H groups in total. The minimum absolute atomic E-state index is 0.172. The molecule has 0 aliphatic rings. The van der Waals surface area contributed by atoms with Gasteiger partial charge in [0.25, 0.3) is 11.5 Å². The molecule has 0 aliphatic carbocycles. The van der Waals surface area contributed by atoms with E-state index in [4.69, 9.17) is 11.6 Å². The molecule has 0 atom stereocenters. The Bertz CT molecular complexity index is 1390. The normalized spacial score (nSPS) is 11.0. The first-order valence-corrected chi connectivity index (χ1v) is 10.6. The second-order valence-corrected chi connectivity index (χ2v) is 8.09. The van der Waals surface area contributed by atoms with Gasteiger partial charge in [0.2, 0.25) is 0 Å². The first-order valence-electron chi connectivity index (χ1n) is 10.3. The van der Waals surface area contributed by atoms with Gasteiger partial charge in [-0.25, -0.2) is 4.98 Å². The molecule has 0 radical (unpaired) electrons. The van der Waals surface area contributed by atoms with Crippen molar-refractivity contribution in [2.75, 3.05) is 11.4 Å². The number of halogens is 1. The van der Waals surface area contributed by atoms with Gasteiger partial charge >= 0.3 is 5.97 Å². The zero-order valence-corrected chi connectivity index (χ0v) is 18.5. The Kier molecular flexibility index (Phi) is 6.28. The summed E-state index contributed by atoms with van der Waals surface area (Å²) < 4.78 is 0. The molecule has 4 aromatic rings. The van der Waals surface area contributed by atoms with Gasteiger partial charge in [-0.05, 0) is 61.2 Å². The average molecular weight is 465 g/mol. The number of nitrogens with one attached hydrogen (secondary N) is 2. The van der Waals surface area contributed by atoms with E-state index in [1.165, 1.54) is 4.90 Å². The van der Waals surface area contributed by atoms with Crippen LogP contribution in [0, 0.1) is 6.92 Å². The number of rotatable bonds is 7. The lowest BCUT2D eigenvalue weighted by Gasteiger charge is -2.21. The Morgan fingerprint density at radius 1 is 1.12 bits per heavy atom. The Morgan fingerprint density at radius 3 is 2.58 bits per heavy atom. The van der Waals surface area contributed by atoms with E-state index in [-0.39, 0.29) is 5.56 Å². The summed E-state index contributed by atoms with van der Waals surface area (Å²) in [6.07, 6.45) is 3.07. The molecule has 0 unspecified atom stereocenters. The number of carboxylic acids is 1.